The molecule has 1 unspecified atom stereocenters. The number of benzene rings is 2. The van der Waals surface area contributed by atoms with Crippen molar-refractivity contribution in [1.29, 1.82) is 0 Å². The first-order chi connectivity index (χ1) is 15.2. The van der Waals surface area contributed by atoms with E-state index < -0.39 is 0 Å². The van der Waals surface area contributed by atoms with Crippen LogP contribution in [0.4, 0.5) is 0 Å². The molecule has 1 atom stereocenters. The molecule has 2 fully saturated rings. The second-order valence-electron chi connectivity index (χ2n) is 8.87. The van der Waals surface area contributed by atoms with Crippen LogP contribution in [0, 0.1) is 5.41 Å². The maximum atomic E-state index is 13.4. The highest BCUT2D eigenvalue weighted by Gasteiger charge is 2.43. The summed E-state index contributed by atoms with van der Waals surface area (Å²) in [6.07, 6.45) is 6.02. The molecule has 158 valence electrons. The molecular weight excluding hydrogens is 384 g/mol. The van der Waals surface area contributed by atoms with Gasteiger partial charge in [0.15, 0.2) is 0 Å². The van der Waals surface area contributed by atoms with Crippen LogP contribution in [-0.4, -0.2) is 41.6 Å². The van der Waals surface area contributed by atoms with Gasteiger partial charge in [-0.15, -0.1) is 0 Å². The summed E-state index contributed by atoms with van der Waals surface area (Å²) in [4.78, 5) is 19.9. The molecule has 0 bridgehead atoms. The van der Waals surface area contributed by atoms with Crippen molar-refractivity contribution in [3.63, 3.8) is 0 Å². The fraction of sp³-hybridized carbons (Fsp3) is 0.333. The van der Waals surface area contributed by atoms with Crippen LogP contribution in [0.15, 0.2) is 79.0 Å². The molecule has 3 heterocycles. The molecule has 2 saturated heterocycles. The molecule has 4 nitrogen and oxygen atoms in total. The van der Waals surface area contributed by atoms with Crippen molar-refractivity contribution >= 4 is 5.91 Å². The summed E-state index contributed by atoms with van der Waals surface area (Å²) >= 11 is 0. The van der Waals surface area contributed by atoms with E-state index in [1.165, 1.54) is 0 Å². The van der Waals surface area contributed by atoms with Crippen LogP contribution in [0.3, 0.4) is 0 Å². The van der Waals surface area contributed by atoms with Gasteiger partial charge in [-0.1, -0.05) is 54.6 Å². The molecule has 31 heavy (non-hydrogen) atoms. The highest BCUT2D eigenvalue weighted by atomic mass is 16.5. The topological polar surface area (TPSA) is 42.4 Å². The standard InChI is InChI=1S/C27H28N2O2/c30-26(25-12-5-4-11-24(25)21-8-2-1-3-9-21)29-16-13-27(14-17-29)19-23(31-20-27)18-22-10-6-7-15-28-22/h1-12,15,23H,13-14,16-20H2. The number of piperidine rings is 1. The smallest absolute Gasteiger partial charge is 0.254 e. The van der Waals surface area contributed by atoms with Crippen LogP contribution in [-0.2, 0) is 11.2 Å². The summed E-state index contributed by atoms with van der Waals surface area (Å²) in [7, 11) is 0. The van der Waals surface area contributed by atoms with Crippen LogP contribution < -0.4 is 0 Å². The average Bonchev–Trinajstić information content (AvgIpc) is 3.22. The van der Waals surface area contributed by atoms with Crippen LogP contribution in [0.5, 0.6) is 0 Å². The Labute approximate surface area is 183 Å². The summed E-state index contributed by atoms with van der Waals surface area (Å²) in [5.41, 5.74) is 4.18. The molecule has 0 N–H and O–H groups in total. The first kappa shape index (κ1) is 20.0. The molecule has 1 spiro atoms. The van der Waals surface area contributed by atoms with E-state index >= 15 is 0 Å². The fourth-order valence-electron chi connectivity index (χ4n) is 5.02. The maximum absolute atomic E-state index is 13.4. The minimum Gasteiger partial charge on any atom is -0.377 e. The zero-order valence-electron chi connectivity index (χ0n) is 17.7. The highest BCUT2D eigenvalue weighted by molar-refractivity contribution is 6.00. The third-order valence-electron chi connectivity index (χ3n) is 6.80. The molecule has 5 rings (SSSR count). The van der Waals surface area contributed by atoms with Crippen molar-refractivity contribution in [3.8, 4) is 11.1 Å². The van der Waals surface area contributed by atoms with E-state index in [1.807, 2.05) is 65.7 Å². The van der Waals surface area contributed by atoms with E-state index in [0.29, 0.717) is 0 Å². The van der Waals surface area contributed by atoms with Gasteiger partial charge in [-0.2, -0.15) is 0 Å². The van der Waals surface area contributed by atoms with Crippen molar-refractivity contribution in [2.24, 2.45) is 5.41 Å². The van der Waals surface area contributed by atoms with E-state index in [-0.39, 0.29) is 17.4 Å². The monoisotopic (exact) mass is 412 g/mol. The number of carbonyl (C=O) groups excluding carboxylic acids is 1. The molecular formula is C27H28N2O2. The number of likely N-dealkylation sites (tertiary alicyclic amines) is 1. The quantitative estimate of drug-likeness (QED) is 0.605. The fourth-order valence-corrected chi connectivity index (χ4v) is 5.02. The average molecular weight is 413 g/mol. The lowest BCUT2D eigenvalue weighted by molar-refractivity contribution is 0.0496. The molecule has 2 aliphatic rings. The van der Waals surface area contributed by atoms with Crippen molar-refractivity contribution in [2.75, 3.05) is 19.7 Å². The maximum Gasteiger partial charge on any atom is 0.254 e. The Morgan fingerprint density at radius 3 is 2.48 bits per heavy atom. The normalized spacial score (nSPS) is 20.1. The third kappa shape index (κ3) is 4.26. The first-order valence-corrected chi connectivity index (χ1v) is 11.2. The van der Waals surface area contributed by atoms with E-state index in [0.717, 1.165) is 67.8 Å². The zero-order valence-corrected chi connectivity index (χ0v) is 17.7. The lowest BCUT2D eigenvalue weighted by Crippen LogP contribution is -2.43. The van der Waals surface area contributed by atoms with Gasteiger partial charge in [0.25, 0.3) is 5.91 Å². The van der Waals surface area contributed by atoms with E-state index in [9.17, 15) is 4.79 Å². The number of carbonyl (C=O) groups is 1. The minimum absolute atomic E-state index is 0.137. The Morgan fingerprint density at radius 2 is 1.71 bits per heavy atom. The molecule has 1 aromatic heterocycles. The Hall–Kier alpha value is -2.98. The SMILES string of the molecule is O=C(c1ccccc1-c1ccccc1)N1CCC2(CC1)COC(Cc1ccccn1)C2. The van der Waals surface area contributed by atoms with Crippen LogP contribution in [0.2, 0.25) is 0 Å². The van der Waals surface area contributed by atoms with Crippen molar-refractivity contribution in [3.05, 3.63) is 90.3 Å². The Morgan fingerprint density at radius 1 is 0.968 bits per heavy atom. The second-order valence-corrected chi connectivity index (χ2v) is 8.87. The zero-order chi connectivity index (χ0) is 21.1. The first-order valence-electron chi connectivity index (χ1n) is 11.2. The van der Waals surface area contributed by atoms with Crippen LogP contribution >= 0.6 is 0 Å². The van der Waals surface area contributed by atoms with Crippen molar-refractivity contribution in [1.82, 2.24) is 9.88 Å². The number of rotatable bonds is 4. The Balaban J connectivity index is 1.24. The molecule has 0 aliphatic carbocycles. The molecule has 0 radical (unpaired) electrons. The number of ether oxygens (including phenoxy) is 1. The van der Waals surface area contributed by atoms with Gasteiger partial charge < -0.3 is 9.64 Å². The third-order valence-corrected chi connectivity index (χ3v) is 6.80. The lowest BCUT2D eigenvalue weighted by atomic mass is 9.76. The predicted molar refractivity (Wildman–Crippen MR) is 122 cm³/mol. The summed E-state index contributed by atoms with van der Waals surface area (Å²) in [6.45, 7) is 2.39. The number of pyridine rings is 1. The van der Waals surface area contributed by atoms with Crippen LogP contribution in [0.1, 0.15) is 35.3 Å². The van der Waals surface area contributed by atoms with Gasteiger partial charge in [-0.05, 0) is 54.0 Å². The van der Waals surface area contributed by atoms with Crippen molar-refractivity contribution in [2.45, 2.75) is 31.8 Å². The van der Waals surface area contributed by atoms with Crippen LogP contribution in [0.25, 0.3) is 11.1 Å². The minimum atomic E-state index is 0.137. The van der Waals surface area contributed by atoms with Gasteiger partial charge in [0.1, 0.15) is 0 Å². The summed E-state index contributed by atoms with van der Waals surface area (Å²) in [5, 5.41) is 0. The lowest BCUT2D eigenvalue weighted by Gasteiger charge is -2.38. The highest BCUT2D eigenvalue weighted by Crippen LogP contribution is 2.43. The number of hydrogen-bond donors (Lipinski definition) is 0. The summed E-state index contributed by atoms with van der Waals surface area (Å²) < 4.78 is 6.16. The largest absolute Gasteiger partial charge is 0.377 e. The number of amides is 1. The van der Waals surface area contributed by atoms with E-state index in [2.05, 4.69) is 23.2 Å². The van der Waals surface area contributed by atoms with Gasteiger partial charge in [0.05, 0.1) is 12.7 Å². The van der Waals surface area contributed by atoms with E-state index in [1.54, 1.807) is 0 Å². The molecule has 3 aromatic rings. The second kappa shape index (κ2) is 8.64. The molecule has 4 heteroatoms. The summed E-state index contributed by atoms with van der Waals surface area (Å²) in [6, 6.07) is 24.2. The van der Waals surface area contributed by atoms with Gasteiger partial charge in [-0.25, -0.2) is 0 Å². The van der Waals surface area contributed by atoms with E-state index in [4.69, 9.17) is 4.74 Å². The van der Waals surface area contributed by atoms with Gasteiger partial charge in [0, 0.05) is 37.0 Å². The Bertz CT molecular complexity index is 1030. The number of nitrogens with zero attached hydrogens (tertiary/aromatic N) is 2. The Kier molecular flexibility index (Phi) is 5.56. The van der Waals surface area contributed by atoms with Gasteiger partial charge in [0.2, 0.25) is 0 Å². The molecule has 1 amide bonds. The molecule has 0 saturated carbocycles. The van der Waals surface area contributed by atoms with Gasteiger partial charge >= 0.3 is 0 Å². The van der Waals surface area contributed by atoms with Crippen molar-refractivity contribution < 1.29 is 9.53 Å². The molecule has 2 aromatic carbocycles. The van der Waals surface area contributed by atoms with Gasteiger partial charge in [-0.3, -0.25) is 9.78 Å². The number of aromatic nitrogens is 1. The molecule has 2 aliphatic heterocycles. The number of hydrogen-bond acceptors (Lipinski definition) is 3. The summed E-state index contributed by atoms with van der Waals surface area (Å²) in [5.74, 6) is 0.137. The predicted octanol–water partition coefficient (Wildman–Crippen LogP) is 5.00.